The number of halogens is 3. The maximum atomic E-state index is 12.9. The molecule has 14 heavy (non-hydrogen) atoms. The molecule has 0 fully saturated rings. The van der Waals surface area contributed by atoms with Crippen molar-refractivity contribution in [3.63, 3.8) is 0 Å². The van der Waals surface area contributed by atoms with Crippen LogP contribution in [0.2, 0.25) is 0 Å². The van der Waals surface area contributed by atoms with Gasteiger partial charge in [-0.2, -0.15) is 5.26 Å². The Morgan fingerprint density at radius 2 is 2.21 bits per heavy atom. The van der Waals surface area contributed by atoms with Gasteiger partial charge in [-0.05, 0) is 24.6 Å². The summed E-state index contributed by atoms with van der Waals surface area (Å²) in [5, 5.41) is 8.59. The molecule has 1 atom stereocenters. The lowest BCUT2D eigenvalue weighted by Gasteiger charge is -2.09. The van der Waals surface area contributed by atoms with E-state index in [1.165, 1.54) is 6.07 Å². The molecule has 0 aromatic heterocycles. The molecular weight excluding hydrogens is 317 g/mol. The van der Waals surface area contributed by atoms with Crippen LogP contribution in [-0.2, 0) is 0 Å². The molecule has 0 bridgehead atoms. The van der Waals surface area contributed by atoms with Crippen molar-refractivity contribution in [2.24, 2.45) is 0 Å². The van der Waals surface area contributed by atoms with Gasteiger partial charge in [-0.15, -0.1) is 12.4 Å². The molecule has 76 valence electrons. The van der Waals surface area contributed by atoms with Gasteiger partial charge in [0, 0.05) is 28.9 Å². The second-order valence-corrected chi connectivity index (χ2v) is 3.30. The largest absolute Gasteiger partial charge is 0.254 e. The van der Waals surface area contributed by atoms with Crippen LogP contribution >= 0.6 is 35.3 Å². The molecule has 0 heterocycles. The molecule has 0 saturated carbocycles. The third kappa shape index (κ3) is 3.08. The molecule has 0 aliphatic rings. The Labute approximate surface area is 102 Å². The van der Waals surface area contributed by atoms with Gasteiger partial charge in [0.2, 0.25) is 0 Å². The van der Waals surface area contributed by atoms with Crippen LogP contribution in [0.5, 0.6) is 0 Å². The van der Waals surface area contributed by atoms with Crippen LogP contribution < -0.4 is 3.53 Å². The topological polar surface area (TPSA) is 35.8 Å². The normalized spacial score (nSPS) is 11.3. The summed E-state index contributed by atoms with van der Waals surface area (Å²) >= 11 is 2.02. The molecule has 5 heteroatoms. The summed E-state index contributed by atoms with van der Waals surface area (Å²) in [6.07, 6.45) is 0. The average Bonchev–Trinajstić information content (AvgIpc) is 2.17. The van der Waals surface area contributed by atoms with Gasteiger partial charge in [-0.1, -0.05) is 6.07 Å². The zero-order chi connectivity index (χ0) is 9.84. The maximum Gasteiger partial charge on any atom is 0.140 e. The number of nitrogens with one attached hydrogen (secondary N) is 1. The highest BCUT2D eigenvalue weighted by atomic mass is 127. The first-order valence-electron chi connectivity index (χ1n) is 3.74. The summed E-state index contributed by atoms with van der Waals surface area (Å²) < 4.78 is 15.9. The van der Waals surface area contributed by atoms with Gasteiger partial charge in [-0.25, -0.2) is 4.39 Å². The number of hydrogen-bond acceptors (Lipinski definition) is 2. The quantitative estimate of drug-likeness (QED) is 0.669. The van der Waals surface area contributed by atoms with Crippen molar-refractivity contribution < 1.29 is 4.39 Å². The molecule has 1 aromatic carbocycles. The Balaban J connectivity index is 0.00000169. The lowest BCUT2D eigenvalue weighted by atomic mass is 10.1. The van der Waals surface area contributed by atoms with Crippen molar-refractivity contribution in [2.75, 3.05) is 0 Å². The van der Waals surface area contributed by atoms with Crippen molar-refractivity contribution in [2.45, 2.75) is 13.0 Å². The maximum absolute atomic E-state index is 12.9. The van der Waals surface area contributed by atoms with Crippen molar-refractivity contribution >= 4 is 35.3 Å². The minimum absolute atomic E-state index is 0. The monoisotopic (exact) mass is 326 g/mol. The van der Waals surface area contributed by atoms with Crippen molar-refractivity contribution in [3.05, 3.63) is 35.1 Å². The number of nitrogens with zero attached hydrogens (tertiary/aromatic N) is 1. The highest BCUT2D eigenvalue weighted by Crippen LogP contribution is 2.16. The molecule has 1 N–H and O–H groups in total. The van der Waals surface area contributed by atoms with Crippen LogP contribution in [0.1, 0.15) is 24.1 Å². The van der Waals surface area contributed by atoms with Crippen LogP contribution in [-0.4, -0.2) is 0 Å². The first-order valence-corrected chi connectivity index (χ1v) is 4.82. The third-order valence-electron chi connectivity index (χ3n) is 1.77. The molecule has 1 aromatic rings. The SMILES string of the molecule is C[C@@H](NI)c1ccc(F)c(C#N)c1.Cl. The zero-order valence-corrected chi connectivity index (χ0v) is 10.4. The summed E-state index contributed by atoms with van der Waals surface area (Å²) in [6.45, 7) is 1.95. The second-order valence-electron chi connectivity index (χ2n) is 2.68. The molecule has 0 aliphatic carbocycles. The van der Waals surface area contributed by atoms with E-state index in [2.05, 4.69) is 3.53 Å². The fraction of sp³-hybridized carbons (Fsp3) is 0.222. The van der Waals surface area contributed by atoms with Gasteiger partial charge in [0.05, 0.1) is 5.56 Å². The Morgan fingerprint density at radius 1 is 1.57 bits per heavy atom. The minimum atomic E-state index is -0.466. The standard InChI is InChI=1S/C9H8FIN2.ClH/c1-6(13-11)7-2-3-9(10)8(4-7)5-12;/h2-4,6,13H,1H3;1H/t6-;/m1./s1. The summed E-state index contributed by atoms with van der Waals surface area (Å²) in [7, 11) is 0. The zero-order valence-electron chi connectivity index (χ0n) is 7.42. The van der Waals surface area contributed by atoms with Crippen LogP contribution in [0, 0.1) is 17.1 Å². The van der Waals surface area contributed by atoms with E-state index in [-0.39, 0.29) is 24.0 Å². The Bertz CT molecular complexity index is 351. The predicted molar refractivity (Wildman–Crippen MR) is 63.9 cm³/mol. The average molecular weight is 327 g/mol. The van der Waals surface area contributed by atoms with E-state index in [1.807, 2.05) is 35.9 Å². The molecule has 0 spiro atoms. The highest BCUT2D eigenvalue weighted by molar-refractivity contribution is 14.1. The minimum Gasteiger partial charge on any atom is -0.254 e. The van der Waals surface area contributed by atoms with Crippen molar-refractivity contribution in [3.8, 4) is 6.07 Å². The number of benzene rings is 1. The van der Waals surface area contributed by atoms with Gasteiger partial charge >= 0.3 is 0 Å². The van der Waals surface area contributed by atoms with E-state index >= 15 is 0 Å². The Morgan fingerprint density at radius 3 is 2.71 bits per heavy atom. The lowest BCUT2D eigenvalue weighted by Crippen LogP contribution is -2.06. The molecule has 2 nitrogen and oxygen atoms in total. The van der Waals surface area contributed by atoms with Gasteiger partial charge in [0.1, 0.15) is 11.9 Å². The van der Waals surface area contributed by atoms with E-state index in [9.17, 15) is 4.39 Å². The van der Waals surface area contributed by atoms with Crippen LogP contribution in [0.3, 0.4) is 0 Å². The predicted octanol–water partition coefficient (Wildman–Crippen LogP) is 3.12. The lowest BCUT2D eigenvalue weighted by molar-refractivity contribution is 0.621. The van der Waals surface area contributed by atoms with Crippen molar-refractivity contribution in [1.82, 2.24) is 3.53 Å². The summed E-state index contributed by atoms with van der Waals surface area (Å²) in [4.78, 5) is 0. The van der Waals surface area contributed by atoms with E-state index in [0.717, 1.165) is 5.56 Å². The van der Waals surface area contributed by atoms with E-state index in [0.29, 0.717) is 0 Å². The molecule has 0 aliphatic heterocycles. The number of rotatable bonds is 2. The van der Waals surface area contributed by atoms with Crippen molar-refractivity contribution in [1.29, 1.82) is 5.26 Å². The van der Waals surface area contributed by atoms with E-state index in [4.69, 9.17) is 5.26 Å². The summed E-state index contributed by atoms with van der Waals surface area (Å²) in [5.41, 5.74) is 1.00. The number of hydrogen-bond donors (Lipinski definition) is 1. The molecule has 0 radical (unpaired) electrons. The fourth-order valence-corrected chi connectivity index (χ4v) is 1.32. The first kappa shape index (κ1) is 13.6. The van der Waals surface area contributed by atoms with E-state index in [1.54, 1.807) is 12.1 Å². The van der Waals surface area contributed by atoms with Crippen LogP contribution in [0.4, 0.5) is 4.39 Å². The molecule has 0 saturated heterocycles. The summed E-state index contributed by atoms with van der Waals surface area (Å²) in [6, 6.07) is 6.48. The van der Waals surface area contributed by atoms with Crippen LogP contribution in [0.15, 0.2) is 18.2 Å². The third-order valence-corrected chi connectivity index (χ3v) is 2.71. The van der Waals surface area contributed by atoms with Gasteiger partial charge < -0.3 is 0 Å². The molecule has 0 amide bonds. The Hall–Kier alpha value is -0.380. The molecule has 0 unspecified atom stereocenters. The van der Waals surface area contributed by atoms with Crippen LogP contribution in [0.25, 0.3) is 0 Å². The van der Waals surface area contributed by atoms with Gasteiger partial charge in [-0.3, -0.25) is 3.53 Å². The second kappa shape index (κ2) is 6.17. The Kier molecular flexibility index (Phi) is 6.00. The fourth-order valence-electron chi connectivity index (χ4n) is 0.961. The smallest absolute Gasteiger partial charge is 0.140 e. The first-order chi connectivity index (χ1) is 6.19. The molecule has 1 rings (SSSR count). The van der Waals surface area contributed by atoms with E-state index < -0.39 is 5.82 Å². The number of nitriles is 1. The van der Waals surface area contributed by atoms with Gasteiger partial charge in [0.15, 0.2) is 0 Å². The summed E-state index contributed by atoms with van der Waals surface area (Å²) in [5.74, 6) is -0.466. The van der Waals surface area contributed by atoms with Gasteiger partial charge in [0.25, 0.3) is 0 Å². The molecular formula is C9H9ClFIN2. The highest BCUT2D eigenvalue weighted by Gasteiger charge is 2.07.